The van der Waals surface area contributed by atoms with E-state index >= 15 is 0 Å². The molecule has 32 heavy (non-hydrogen) atoms. The van der Waals surface area contributed by atoms with E-state index in [1.54, 1.807) is 4.68 Å². The Morgan fingerprint density at radius 2 is 1.72 bits per heavy atom. The van der Waals surface area contributed by atoms with Crippen molar-refractivity contribution in [2.75, 3.05) is 13.1 Å². The molecule has 2 aromatic rings. The highest BCUT2D eigenvalue weighted by atomic mass is 16.2. The lowest BCUT2D eigenvalue weighted by atomic mass is 9.86. The van der Waals surface area contributed by atoms with Gasteiger partial charge < -0.3 is 10.2 Å². The van der Waals surface area contributed by atoms with Crippen LogP contribution in [0.15, 0.2) is 36.5 Å². The van der Waals surface area contributed by atoms with Crippen LogP contribution >= 0.6 is 0 Å². The predicted molar refractivity (Wildman–Crippen MR) is 125 cm³/mol. The number of carbonyl (C=O) groups is 2. The van der Waals surface area contributed by atoms with Gasteiger partial charge in [0.25, 0.3) is 5.91 Å². The van der Waals surface area contributed by atoms with Gasteiger partial charge >= 0.3 is 0 Å². The maximum atomic E-state index is 12.8. The minimum atomic E-state index is -0.0722. The van der Waals surface area contributed by atoms with E-state index in [2.05, 4.69) is 15.3 Å². The van der Waals surface area contributed by atoms with E-state index in [4.69, 9.17) is 0 Å². The van der Waals surface area contributed by atoms with Crippen LogP contribution in [0.2, 0.25) is 0 Å². The zero-order valence-corrected chi connectivity index (χ0v) is 19.3. The zero-order valence-electron chi connectivity index (χ0n) is 19.3. The summed E-state index contributed by atoms with van der Waals surface area (Å²) >= 11 is 0. The van der Waals surface area contributed by atoms with Crippen LogP contribution in [-0.4, -0.2) is 39.6 Å². The number of nitrogens with zero attached hydrogens (tertiary/aromatic N) is 3. The molecule has 6 nitrogen and oxygen atoms in total. The van der Waals surface area contributed by atoms with E-state index < -0.39 is 0 Å². The molecule has 4 rings (SSSR count). The number of amides is 2. The highest BCUT2D eigenvalue weighted by molar-refractivity contribution is 5.95. The van der Waals surface area contributed by atoms with Gasteiger partial charge in [-0.1, -0.05) is 49.6 Å². The molecule has 0 unspecified atom stereocenters. The molecule has 0 spiro atoms. The van der Waals surface area contributed by atoms with Gasteiger partial charge in [0.15, 0.2) is 0 Å². The van der Waals surface area contributed by atoms with Crippen molar-refractivity contribution in [2.24, 2.45) is 18.9 Å². The van der Waals surface area contributed by atoms with E-state index in [1.807, 2.05) is 43.6 Å². The number of carbonyl (C=O) groups excluding carboxylic acids is 2. The third-order valence-corrected chi connectivity index (χ3v) is 7.08. The number of aryl methyl sites for hydroxylation is 1. The summed E-state index contributed by atoms with van der Waals surface area (Å²) < 4.78 is 1.73. The first-order chi connectivity index (χ1) is 15.6. The molecule has 0 atom stereocenters. The summed E-state index contributed by atoms with van der Waals surface area (Å²) in [6, 6.07) is 9.94. The Bertz CT molecular complexity index is 894. The SMILES string of the molecule is Cn1cc(C(=O)NCc2ccccc2)c(CC2CCN(C(=O)CC3CCCCC3)CC2)n1. The molecular formula is C26H36N4O2. The van der Waals surface area contributed by atoms with Crippen molar-refractivity contribution >= 4 is 11.8 Å². The maximum Gasteiger partial charge on any atom is 0.255 e. The Kier molecular flexibility index (Phi) is 7.61. The van der Waals surface area contributed by atoms with Gasteiger partial charge in [-0.15, -0.1) is 0 Å². The van der Waals surface area contributed by atoms with Crippen LogP contribution in [0.1, 0.15) is 73.0 Å². The second-order valence-corrected chi connectivity index (χ2v) is 9.57. The zero-order chi connectivity index (χ0) is 22.3. The van der Waals surface area contributed by atoms with Crippen molar-refractivity contribution in [1.82, 2.24) is 20.0 Å². The van der Waals surface area contributed by atoms with Crippen molar-refractivity contribution in [3.8, 4) is 0 Å². The summed E-state index contributed by atoms with van der Waals surface area (Å²) in [6.45, 7) is 2.17. The molecule has 2 amide bonds. The summed E-state index contributed by atoms with van der Waals surface area (Å²) in [7, 11) is 1.87. The van der Waals surface area contributed by atoms with Crippen LogP contribution in [0, 0.1) is 11.8 Å². The lowest BCUT2D eigenvalue weighted by molar-refractivity contribution is -0.133. The Balaban J connectivity index is 1.27. The molecule has 2 heterocycles. The largest absolute Gasteiger partial charge is 0.348 e. The summed E-state index contributed by atoms with van der Waals surface area (Å²) in [5, 5.41) is 7.61. The number of benzene rings is 1. The van der Waals surface area contributed by atoms with Gasteiger partial charge in [0.1, 0.15) is 0 Å². The molecule has 1 aromatic heterocycles. The average molecular weight is 437 g/mol. The molecule has 2 aliphatic rings. The van der Waals surface area contributed by atoms with Crippen LogP contribution in [0.3, 0.4) is 0 Å². The molecule has 6 heteroatoms. The standard InChI is InChI=1S/C26H36N4O2/c1-29-19-23(26(32)27-18-22-10-6-3-7-11-22)24(28-29)16-21-12-14-30(15-13-21)25(31)17-20-8-4-2-5-9-20/h3,6-7,10-11,19-21H,2,4-5,8-9,12-18H2,1H3,(H,27,32). The number of hydrogen-bond donors (Lipinski definition) is 1. The smallest absolute Gasteiger partial charge is 0.255 e. The summed E-state index contributed by atoms with van der Waals surface area (Å²) in [4.78, 5) is 27.6. The van der Waals surface area contributed by atoms with Gasteiger partial charge in [-0.3, -0.25) is 14.3 Å². The van der Waals surface area contributed by atoms with Gasteiger partial charge in [0.05, 0.1) is 11.3 Å². The fourth-order valence-electron chi connectivity index (χ4n) is 5.18. The molecule has 1 aromatic carbocycles. The molecule has 1 aliphatic heterocycles. The molecule has 0 bridgehead atoms. The van der Waals surface area contributed by atoms with Gasteiger partial charge in [-0.2, -0.15) is 5.10 Å². The normalized spacial score (nSPS) is 18.0. The monoisotopic (exact) mass is 436 g/mol. The van der Waals surface area contributed by atoms with E-state index in [9.17, 15) is 9.59 Å². The lowest BCUT2D eigenvalue weighted by Gasteiger charge is -2.33. The number of hydrogen-bond acceptors (Lipinski definition) is 3. The lowest BCUT2D eigenvalue weighted by Crippen LogP contribution is -2.39. The van der Waals surface area contributed by atoms with E-state index in [-0.39, 0.29) is 5.91 Å². The van der Waals surface area contributed by atoms with E-state index in [0.29, 0.717) is 29.9 Å². The Morgan fingerprint density at radius 1 is 1.00 bits per heavy atom. The van der Waals surface area contributed by atoms with Gasteiger partial charge in [-0.05, 0) is 49.5 Å². The van der Waals surface area contributed by atoms with Crippen LogP contribution < -0.4 is 5.32 Å². The summed E-state index contributed by atoms with van der Waals surface area (Å²) in [5.74, 6) is 1.33. The first-order valence-corrected chi connectivity index (χ1v) is 12.2. The summed E-state index contributed by atoms with van der Waals surface area (Å²) in [5.41, 5.74) is 2.61. The fourth-order valence-corrected chi connectivity index (χ4v) is 5.18. The van der Waals surface area contributed by atoms with Crippen molar-refractivity contribution < 1.29 is 9.59 Å². The molecule has 1 N–H and O–H groups in total. The number of rotatable bonds is 7. The third-order valence-electron chi connectivity index (χ3n) is 7.08. The minimum absolute atomic E-state index is 0.0722. The molecule has 1 aliphatic carbocycles. The maximum absolute atomic E-state index is 12.8. The topological polar surface area (TPSA) is 67.2 Å². The van der Waals surface area contributed by atoms with Crippen molar-refractivity contribution in [3.63, 3.8) is 0 Å². The first kappa shape index (κ1) is 22.6. The highest BCUT2D eigenvalue weighted by Gasteiger charge is 2.27. The molecule has 1 saturated heterocycles. The van der Waals surface area contributed by atoms with Gasteiger partial charge in [0, 0.05) is 39.3 Å². The highest BCUT2D eigenvalue weighted by Crippen LogP contribution is 2.28. The number of aromatic nitrogens is 2. The molecule has 172 valence electrons. The van der Waals surface area contributed by atoms with Crippen molar-refractivity contribution in [1.29, 1.82) is 0 Å². The minimum Gasteiger partial charge on any atom is -0.348 e. The van der Waals surface area contributed by atoms with E-state index in [1.165, 1.54) is 32.1 Å². The summed E-state index contributed by atoms with van der Waals surface area (Å²) in [6.07, 6.45) is 11.6. The average Bonchev–Trinajstić information content (AvgIpc) is 3.19. The van der Waals surface area contributed by atoms with Crippen LogP contribution in [-0.2, 0) is 24.8 Å². The van der Waals surface area contributed by atoms with Gasteiger partial charge in [-0.25, -0.2) is 0 Å². The van der Waals surface area contributed by atoms with Gasteiger partial charge in [0.2, 0.25) is 5.91 Å². The molecule has 1 saturated carbocycles. The molecule has 2 fully saturated rings. The Labute approximate surface area is 191 Å². The first-order valence-electron chi connectivity index (χ1n) is 12.2. The second-order valence-electron chi connectivity index (χ2n) is 9.57. The van der Waals surface area contributed by atoms with E-state index in [0.717, 1.165) is 50.0 Å². The Hall–Kier alpha value is -2.63. The van der Waals surface area contributed by atoms with Crippen LogP contribution in [0.25, 0.3) is 0 Å². The molecule has 0 radical (unpaired) electrons. The predicted octanol–water partition coefficient (Wildman–Crippen LogP) is 4.10. The van der Waals surface area contributed by atoms with Crippen molar-refractivity contribution in [3.05, 3.63) is 53.3 Å². The number of piperidine rings is 1. The molecular weight excluding hydrogens is 400 g/mol. The van der Waals surface area contributed by atoms with Crippen molar-refractivity contribution in [2.45, 2.75) is 64.3 Å². The quantitative estimate of drug-likeness (QED) is 0.711. The second kappa shape index (κ2) is 10.8. The van der Waals surface area contributed by atoms with Crippen LogP contribution in [0.5, 0.6) is 0 Å². The third kappa shape index (κ3) is 5.99. The number of nitrogens with one attached hydrogen (secondary N) is 1. The number of likely N-dealkylation sites (tertiary alicyclic amines) is 1. The fraction of sp³-hybridized carbons (Fsp3) is 0.577. The van der Waals surface area contributed by atoms with Crippen LogP contribution in [0.4, 0.5) is 0 Å². The Morgan fingerprint density at radius 3 is 2.44 bits per heavy atom.